The van der Waals surface area contributed by atoms with E-state index in [-0.39, 0.29) is 5.88 Å². The lowest BCUT2D eigenvalue weighted by Gasteiger charge is -2.30. The lowest BCUT2D eigenvalue weighted by atomic mass is 10.0. The number of alkyl halides is 3. The van der Waals surface area contributed by atoms with Gasteiger partial charge in [-0.2, -0.15) is 13.2 Å². The van der Waals surface area contributed by atoms with E-state index in [0.717, 1.165) is 18.2 Å². The van der Waals surface area contributed by atoms with Gasteiger partial charge in [0.15, 0.2) is 0 Å². The Kier molecular flexibility index (Phi) is 4.66. The molecule has 0 saturated heterocycles. The molecule has 120 valence electrons. The number of benzene rings is 1. The standard InChI is InChI=1S/C15H11F3N2O3/c1-22-12-7-5-11(6-8-12)14(20-10-21,15(16,17)18)23-13-4-2-3-9-19-13/h2-9H,1H3. The molecule has 0 aliphatic rings. The van der Waals surface area contributed by atoms with E-state index in [1.807, 2.05) is 0 Å². The van der Waals surface area contributed by atoms with Gasteiger partial charge in [-0.1, -0.05) is 6.07 Å². The lowest BCUT2D eigenvalue weighted by molar-refractivity contribution is -0.252. The van der Waals surface area contributed by atoms with Gasteiger partial charge in [-0.15, -0.1) is 4.99 Å². The van der Waals surface area contributed by atoms with E-state index in [2.05, 4.69) is 9.98 Å². The van der Waals surface area contributed by atoms with Gasteiger partial charge in [0.05, 0.1) is 7.11 Å². The molecule has 0 saturated carbocycles. The molecule has 0 radical (unpaired) electrons. The Hall–Kier alpha value is -2.86. The molecule has 0 aliphatic carbocycles. The fourth-order valence-electron chi connectivity index (χ4n) is 1.87. The maximum Gasteiger partial charge on any atom is 0.456 e. The number of rotatable bonds is 5. The first kappa shape index (κ1) is 16.5. The van der Waals surface area contributed by atoms with Crippen molar-refractivity contribution in [3.63, 3.8) is 0 Å². The van der Waals surface area contributed by atoms with Crippen molar-refractivity contribution < 1.29 is 27.4 Å². The first-order valence-electron chi connectivity index (χ1n) is 6.33. The number of hydrogen-bond donors (Lipinski definition) is 0. The van der Waals surface area contributed by atoms with Crippen LogP contribution in [0.15, 0.2) is 53.7 Å². The summed E-state index contributed by atoms with van der Waals surface area (Å²) >= 11 is 0. The van der Waals surface area contributed by atoms with Crippen molar-refractivity contribution in [1.82, 2.24) is 4.98 Å². The number of isocyanates is 1. The van der Waals surface area contributed by atoms with Gasteiger partial charge in [-0.3, -0.25) is 0 Å². The second kappa shape index (κ2) is 6.50. The highest BCUT2D eigenvalue weighted by Crippen LogP contribution is 2.43. The van der Waals surface area contributed by atoms with Gasteiger partial charge < -0.3 is 9.47 Å². The molecule has 0 spiro atoms. The Labute approximate surface area is 129 Å². The fourth-order valence-corrected chi connectivity index (χ4v) is 1.87. The summed E-state index contributed by atoms with van der Waals surface area (Å²) in [6.45, 7) is 0. The number of methoxy groups -OCH3 is 1. The molecule has 1 aromatic heterocycles. The lowest BCUT2D eigenvalue weighted by Crippen LogP contribution is -2.46. The number of aliphatic imine (C=N–C) groups is 1. The van der Waals surface area contributed by atoms with E-state index >= 15 is 0 Å². The molecule has 5 nitrogen and oxygen atoms in total. The molecule has 2 rings (SSSR count). The van der Waals surface area contributed by atoms with Crippen molar-refractivity contribution in [2.45, 2.75) is 11.9 Å². The molecular formula is C15H11F3N2O3. The zero-order valence-electron chi connectivity index (χ0n) is 11.9. The Morgan fingerprint density at radius 2 is 1.83 bits per heavy atom. The summed E-state index contributed by atoms with van der Waals surface area (Å²) < 4.78 is 50.8. The highest BCUT2D eigenvalue weighted by molar-refractivity contribution is 5.40. The van der Waals surface area contributed by atoms with E-state index in [0.29, 0.717) is 5.75 Å². The van der Waals surface area contributed by atoms with E-state index in [9.17, 15) is 18.0 Å². The molecule has 1 aromatic carbocycles. The second-order valence-corrected chi connectivity index (χ2v) is 4.34. The van der Waals surface area contributed by atoms with Crippen LogP contribution >= 0.6 is 0 Å². The van der Waals surface area contributed by atoms with Gasteiger partial charge in [0.25, 0.3) is 0 Å². The van der Waals surface area contributed by atoms with E-state index in [4.69, 9.17) is 9.47 Å². The van der Waals surface area contributed by atoms with Crippen LogP contribution in [0.25, 0.3) is 0 Å². The average Bonchev–Trinajstić information content (AvgIpc) is 2.54. The molecule has 2 aromatic rings. The number of carbonyl (C=O) groups excluding carboxylic acids is 1. The number of hydrogen-bond acceptors (Lipinski definition) is 5. The molecule has 0 amide bonds. The van der Waals surface area contributed by atoms with Crippen LogP contribution in [0.3, 0.4) is 0 Å². The summed E-state index contributed by atoms with van der Waals surface area (Å²) in [6, 6.07) is 9.01. The van der Waals surface area contributed by atoms with Crippen molar-refractivity contribution in [3.05, 3.63) is 54.2 Å². The molecular weight excluding hydrogens is 313 g/mol. The highest BCUT2D eigenvalue weighted by atomic mass is 19.4. The van der Waals surface area contributed by atoms with E-state index in [1.54, 1.807) is 0 Å². The molecule has 1 unspecified atom stereocenters. The van der Waals surface area contributed by atoms with Crippen LogP contribution < -0.4 is 9.47 Å². The third kappa shape index (κ3) is 3.32. The SMILES string of the molecule is COc1ccc(C(N=C=O)(Oc2ccccn2)C(F)(F)F)cc1. The number of halogens is 3. The van der Waals surface area contributed by atoms with Crippen LogP contribution in [0, 0.1) is 0 Å². The van der Waals surface area contributed by atoms with Crippen LogP contribution in [0.2, 0.25) is 0 Å². The van der Waals surface area contributed by atoms with Crippen LogP contribution in [-0.2, 0) is 10.5 Å². The van der Waals surface area contributed by atoms with Crippen molar-refractivity contribution in [3.8, 4) is 11.6 Å². The zero-order valence-corrected chi connectivity index (χ0v) is 11.9. The first-order chi connectivity index (χ1) is 10.9. The molecule has 0 aliphatic heterocycles. The summed E-state index contributed by atoms with van der Waals surface area (Å²) in [4.78, 5) is 17.2. The topological polar surface area (TPSA) is 60.8 Å². The van der Waals surface area contributed by atoms with Crippen molar-refractivity contribution in [2.75, 3.05) is 7.11 Å². The maximum absolute atomic E-state index is 13.7. The molecule has 0 N–H and O–H groups in total. The second-order valence-electron chi connectivity index (χ2n) is 4.34. The smallest absolute Gasteiger partial charge is 0.456 e. The largest absolute Gasteiger partial charge is 0.497 e. The third-order valence-electron chi connectivity index (χ3n) is 2.96. The molecule has 0 fully saturated rings. The predicted molar refractivity (Wildman–Crippen MR) is 73.7 cm³/mol. The van der Waals surface area contributed by atoms with Crippen molar-refractivity contribution >= 4 is 6.08 Å². The summed E-state index contributed by atoms with van der Waals surface area (Å²) in [6.07, 6.45) is -2.82. The normalized spacial score (nSPS) is 13.6. The molecule has 0 bridgehead atoms. The van der Waals surface area contributed by atoms with Gasteiger partial charge in [0, 0.05) is 17.8 Å². The molecule has 1 heterocycles. The van der Waals surface area contributed by atoms with Crippen LogP contribution in [-0.4, -0.2) is 24.4 Å². The summed E-state index contributed by atoms with van der Waals surface area (Å²) in [5, 5.41) is 0. The predicted octanol–water partition coefficient (Wildman–Crippen LogP) is 3.22. The highest BCUT2D eigenvalue weighted by Gasteiger charge is 2.60. The van der Waals surface area contributed by atoms with E-state index < -0.39 is 17.5 Å². The van der Waals surface area contributed by atoms with Crippen LogP contribution in [0.4, 0.5) is 13.2 Å². The number of pyridine rings is 1. The van der Waals surface area contributed by atoms with Crippen molar-refractivity contribution in [1.29, 1.82) is 0 Å². The quantitative estimate of drug-likeness (QED) is 0.626. The van der Waals surface area contributed by atoms with Crippen molar-refractivity contribution in [2.24, 2.45) is 4.99 Å². The monoisotopic (exact) mass is 324 g/mol. The Morgan fingerprint density at radius 1 is 1.13 bits per heavy atom. The fraction of sp³-hybridized carbons (Fsp3) is 0.200. The summed E-state index contributed by atoms with van der Waals surface area (Å²) in [7, 11) is 1.37. The van der Waals surface area contributed by atoms with E-state index in [1.165, 1.54) is 43.6 Å². The van der Waals surface area contributed by atoms with Gasteiger partial charge in [-0.25, -0.2) is 9.78 Å². The minimum atomic E-state index is -5.02. The van der Waals surface area contributed by atoms with Gasteiger partial charge in [-0.05, 0) is 30.3 Å². The Balaban J connectivity index is 2.59. The molecule has 8 heteroatoms. The summed E-state index contributed by atoms with van der Waals surface area (Å²) in [5.41, 5.74) is -3.64. The third-order valence-corrected chi connectivity index (χ3v) is 2.96. The van der Waals surface area contributed by atoms with Gasteiger partial charge in [0.2, 0.25) is 12.0 Å². The van der Waals surface area contributed by atoms with Crippen LogP contribution in [0.1, 0.15) is 5.56 Å². The number of ether oxygens (including phenoxy) is 2. The minimum Gasteiger partial charge on any atom is -0.497 e. The zero-order chi connectivity index (χ0) is 16.9. The van der Waals surface area contributed by atoms with Crippen LogP contribution in [0.5, 0.6) is 11.6 Å². The maximum atomic E-state index is 13.7. The molecule has 23 heavy (non-hydrogen) atoms. The first-order valence-corrected chi connectivity index (χ1v) is 6.33. The van der Waals surface area contributed by atoms with Gasteiger partial charge in [0.1, 0.15) is 5.75 Å². The number of aromatic nitrogens is 1. The summed E-state index contributed by atoms with van der Waals surface area (Å²) in [5.74, 6) is 0.0115. The Morgan fingerprint density at radius 3 is 2.30 bits per heavy atom. The number of nitrogens with zero attached hydrogens (tertiary/aromatic N) is 2. The molecule has 1 atom stereocenters. The van der Waals surface area contributed by atoms with Gasteiger partial charge >= 0.3 is 11.9 Å². The average molecular weight is 324 g/mol. The Bertz CT molecular complexity index is 698. The minimum absolute atomic E-state index is 0.334.